The number of unbranched alkanes of at least 4 members (excludes halogenated alkanes) is 11. The van der Waals surface area contributed by atoms with Gasteiger partial charge in [-0.15, -0.1) is 0 Å². The van der Waals surface area contributed by atoms with Gasteiger partial charge in [0.05, 0.1) is 6.10 Å². The molecule has 0 saturated heterocycles. The van der Waals surface area contributed by atoms with E-state index in [9.17, 15) is 0 Å². The maximum absolute atomic E-state index is 5.56. The Morgan fingerprint density at radius 1 is 0.615 bits per heavy atom. The second-order valence-electron chi connectivity index (χ2n) is 9.44. The van der Waals surface area contributed by atoms with Gasteiger partial charge in [-0.25, -0.2) is 0 Å². The van der Waals surface area contributed by atoms with Gasteiger partial charge in [0.2, 0.25) is 0 Å². The summed E-state index contributed by atoms with van der Waals surface area (Å²) in [6.45, 7) is 12.2. The molecule has 0 saturated carbocycles. The highest BCUT2D eigenvalue weighted by molar-refractivity contribution is 7.99. The molecule has 26 heavy (non-hydrogen) atoms. The molecule has 0 heterocycles. The second kappa shape index (κ2) is 18.7. The van der Waals surface area contributed by atoms with Gasteiger partial charge < -0.3 is 4.74 Å². The first kappa shape index (κ1) is 26.3. The number of ether oxygens (including phenoxy) is 1. The van der Waals surface area contributed by atoms with E-state index in [0.717, 1.165) is 6.61 Å². The summed E-state index contributed by atoms with van der Waals surface area (Å²) in [7, 11) is 0. The van der Waals surface area contributed by atoms with Crippen LogP contribution >= 0.6 is 11.8 Å². The highest BCUT2D eigenvalue weighted by Crippen LogP contribution is 2.22. The predicted octanol–water partition coefficient (Wildman–Crippen LogP) is 8.65. The van der Waals surface area contributed by atoms with Crippen molar-refractivity contribution in [2.24, 2.45) is 5.41 Å². The smallest absolute Gasteiger partial charge is 0.0518 e. The molecule has 2 heteroatoms. The Bertz CT molecular complexity index is 270. The van der Waals surface area contributed by atoms with Gasteiger partial charge in [0, 0.05) is 6.61 Å². The fourth-order valence-corrected chi connectivity index (χ4v) is 4.14. The molecular formula is C24H50OS. The molecule has 0 aliphatic rings. The van der Waals surface area contributed by atoms with Gasteiger partial charge in [0.15, 0.2) is 0 Å². The van der Waals surface area contributed by atoms with E-state index >= 15 is 0 Å². The first-order chi connectivity index (χ1) is 12.4. The van der Waals surface area contributed by atoms with Crippen molar-refractivity contribution in [3.63, 3.8) is 0 Å². The molecule has 0 atom stereocenters. The molecule has 1 nitrogen and oxygen atoms in total. The number of hydrogen-bond acceptors (Lipinski definition) is 2. The van der Waals surface area contributed by atoms with Gasteiger partial charge in [0.25, 0.3) is 0 Å². The van der Waals surface area contributed by atoms with E-state index < -0.39 is 0 Å². The van der Waals surface area contributed by atoms with Crippen molar-refractivity contribution in [1.29, 1.82) is 0 Å². The lowest BCUT2D eigenvalue weighted by atomic mass is 9.89. The van der Waals surface area contributed by atoms with Gasteiger partial charge in [-0.2, -0.15) is 11.8 Å². The van der Waals surface area contributed by atoms with Crippen LogP contribution < -0.4 is 0 Å². The summed E-state index contributed by atoms with van der Waals surface area (Å²) >= 11 is 2.11. The Hall–Kier alpha value is 0.310. The molecule has 0 aromatic carbocycles. The van der Waals surface area contributed by atoms with E-state index in [2.05, 4.69) is 46.4 Å². The first-order valence-electron chi connectivity index (χ1n) is 11.6. The van der Waals surface area contributed by atoms with E-state index in [4.69, 9.17) is 4.74 Å². The topological polar surface area (TPSA) is 9.23 Å². The summed E-state index contributed by atoms with van der Waals surface area (Å²) in [5, 5.41) is 0. The van der Waals surface area contributed by atoms with Crippen molar-refractivity contribution < 1.29 is 4.74 Å². The Kier molecular flexibility index (Phi) is 18.9. The summed E-state index contributed by atoms with van der Waals surface area (Å²) in [6.07, 6.45) is 20.4. The van der Waals surface area contributed by atoms with E-state index in [1.807, 2.05) is 0 Å². The van der Waals surface area contributed by atoms with Crippen LogP contribution in [-0.2, 0) is 4.74 Å². The zero-order chi connectivity index (χ0) is 19.5. The van der Waals surface area contributed by atoms with Crippen molar-refractivity contribution in [1.82, 2.24) is 0 Å². The van der Waals surface area contributed by atoms with Crippen LogP contribution in [0, 0.1) is 5.41 Å². The fourth-order valence-electron chi connectivity index (χ4n) is 3.21. The highest BCUT2D eigenvalue weighted by atomic mass is 32.2. The van der Waals surface area contributed by atoms with Crippen LogP contribution in [0.15, 0.2) is 0 Å². The molecule has 0 fully saturated rings. The largest absolute Gasteiger partial charge is 0.379 e. The zero-order valence-corrected chi connectivity index (χ0v) is 19.7. The van der Waals surface area contributed by atoms with E-state index in [0.29, 0.717) is 11.5 Å². The van der Waals surface area contributed by atoms with Crippen LogP contribution in [0.5, 0.6) is 0 Å². The van der Waals surface area contributed by atoms with Crippen LogP contribution in [0.25, 0.3) is 0 Å². The maximum atomic E-state index is 5.56. The lowest BCUT2D eigenvalue weighted by Gasteiger charge is -2.17. The van der Waals surface area contributed by atoms with Crippen LogP contribution in [0.1, 0.15) is 125 Å². The minimum Gasteiger partial charge on any atom is -0.379 e. The highest BCUT2D eigenvalue weighted by Gasteiger charge is 2.08. The molecule has 0 aromatic rings. The predicted molar refractivity (Wildman–Crippen MR) is 123 cm³/mol. The van der Waals surface area contributed by atoms with Gasteiger partial charge in [0.1, 0.15) is 0 Å². The third-order valence-corrected chi connectivity index (χ3v) is 6.00. The van der Waals surface area contributed by atoms with Crippen LogP contribution in [-0.4, -0.2) is 24.2 Å². The van der Waals surface area contributed by atoms with Gasteiger partial charge in [-0.1, -0.05) is 91.4 Å². The van der Waals surface area contributed by atoms with Gasteiger partial charge in [-0.05, 0) is 50.0 Å². The van der Waals surface area contributed by atoms with Crippen molar-refractivity contribution in [2.75, 3.05) is 18.1 Å². The average Bonchev–Trinajstić information content (AvgIpc) is 2.55. The third kappa shape index (κ3) is 24.3. The fraction of sp³-hybridized carbons (Fsp3) is 1.00. The summed E-state index contributed by atoms with van der Waals surface area (Å²) in [5.41, 5.74) is 0.529. The first-order valence-corrected chi connectivity index (χ1v) is 12.8. The molecular weight excluding hydrogens is 336 g/mol. The Balaban J connectivity index is 3.03. The molecule has 0 amide bonds. The maximum Gasteiger partial charge on any atom is 0.0518 e. The molecule has 0 aromatic heterocycles. The van der Waals surface area contributed by atoms with E-state index in [1.165, 1.54) is 101 Å². The zero-order valence-electron chi connectivity index (χ0n) is 18.9. The summed E-state index contributed by atoms with van der Waals surface area (Å²) in [4.78, 5) is 0. The lowest BCUT2D eigenvalue weighted by molar-refractivity contribution is 0.0800. The molecule has 0 aliphatic carbocycles. The molecule has 0 spiro atoms. The number of thioether (sulfide) groups is 1. The third-order valence-electron chi connectivity index (χ3n) is 4.85. The molecule has 0 aliphatic heterocycles. The van der Waals surface area contributed by atoms with Crippen molar-refractivity contribution in [2.45, 2.75) is 131 Å². The van der Waals surface area contributed by atoms with E-state index in [-0.39, 0.29) is 0 Å². The Morgan fingerprint density at radius 3 is 1.50 bits per heavy atom. The van der Waals surface area contributed by atoms with Crippen molar-refractivity contribution in [3.8, 4) is 0 Å². The summed E-state index contributed by atoms with van der Waals surface area (Å²) < 4.78 is 5.56. The van der Waals surface area contributed by atoms with E-state index in [1.54, 1.807) is 0 Å². The Labute approximate surface area is 170 Å². The standard InChI is InChI=1S/C24H50OS/c1-23(2)25-20-18-22-26-21-17-15-13-11-9-7-6-8-10-12-14-16-19-24(3,4)5/h23H,6-22H2,1-5H3. The minimum absolute atomic E-state index is 0.387. The van der Waals surface area contributed by atoms with Crippen LogP contribution in [0.3, 0.4) is 0 Å². The summed E-state index contributed by atoms with van der Waals surface area (Å²) in [5.74, 6) is 2.61. The minimum atomic E-state index is 0.387. The average molecular weight is 387 g/mol. The molecule has 0 rings (SSSR count). The Morgan fingerprint density at radius 2 is 1.04 bits per heavy atom. The quantitative estimate of drug-likeness (QED) is 0.205. The number of hydrogen-bond donors (Lipinski definition) is 0. The molecule has 0 bridgehead atoms. The van der Waals surface area contributed by atoms with Crippen molar-refractivity contribution >= 4 is 11.8 Å². The SMILES string of the molecule is CC(C)OCCCSCCCCCCCCCCCCCCC(C)(C)C. The van der Waals surface area contributed by atoms with Crippen LogP contribution in [0.4, 0.5) is 0 Å². The second-order valence-corrected chi connectivity index (χ2v) is 10.7. The summed E-state index contributed by atoms with van der Waals surface area (Å²) in [6, 6.07) is 0. The lowest BCUT2D eigenvalue weighted by Crippen LogP contribution is -2.04. The molecule has 158 valence electrons. The normalized spacial score (nSPS) is 12.2. The van der Waals surface area contributed by atoms with Crippen LogP contribution in [0.2, 0.25) is 0 Å². The van der Waals surface area contributed by atoms with Gasteiger partial charge in [-0.3, -0.25) is 0 Å². The van der Waals surface area contributed by atoms with Crippen molar-refractivity contribution in [3.05, 3.63) is 0 Å². The molecule has 0 N–H and O–H groups in total. The molecule has 0 unspecified atom stereocenters. The molecule has 0 radical (unpaired) electrons. The number of rotatable bonds is 19. The monoisotopic (exact) mass is 386 g/mol. The van der Waals surface area contributed by atoms with Gasteiger partial charge >= 0.3 is 0 Å².